The maximum absolute atomic E-state index is 9.74. The molecule has 0 aliphatic carbocycles. The second-order valence-electron chi connectivity index (χ2n) is 6.61. The number of aliphatic hydroxyl groups is 1. The summed E-state index contributed by atoms with van der Waals surface area (Å²) in [5, 5.41) is 13.3. The van der Waals surface area contributed by atoms with E-state index < -0.39 is 0 Å². The number of hydrogen-bond donors (Lipinski definition) is 2. The molecule has 0 amide bonds. The van der Waals surface area contributed by atoms with Crippen molar-refractivity contribution >= 4 is 0 Å². The van der Waals surface area contributed by atoms with E-state index in [0.29, 0.717) is 12.0 Å². The van der Waals surface area contributed by atoms with E-state index in [0.717, 1.165) is 32.4 Å². The first-order valence-corrected chi connectivity index (χ1v) is 8.15. The van der Waals surface area contributed by atoms with Crippen molar-refractivity contribution in [1.82, 2.24) is 10.2 Å². The van der Waals surface area contributed by atoms with Crippen LogP contribution in [0.3, 0.4) is 0 Å². The van der Waals surface area contributed by atoms with E-state index in [1.807, 2.05) is 0 Å². The monoisotopic (exact) mass is 286 g/mol. The number of likely N-dealkylation sites (tertiary alicyclic amines) is 1. The van der Waals surface area contributed by atoms with Gasteiger partial charge >= 0.3 is 0 Å². The Labute approximate surface area is 124 Å². The summed E-state index contributed by atoms with van der Waals surface area (Å²) in [6.07, 6.45) is 4.43. The van der Waals surface area contributed by atoms with Crippen LogP contribution in [0.2, 0.25) is 0 Å². The maximum Gasteiger partial charge on any atom is 0.0613 e. The molecule has 0 radical (unpaired) electrons. The number of hydrogen-bond acceptors (Lipinski definition) is 4. The van der Waals surface area contributed by atoms with Gasteiger partial charge in [0.2, 0.25) is 0 Å². The van der Waals surface area contributed by atoms with E-state index >= 15 is 0 Å². The van der Waals surface area contributed by atoms with Crippen LogP contribution in [0.25, 0.3) is 0 Å². The maximum atomic E-state index is 9.74. The summed E-state index contributed by atoms with van der Waals surface area (Å²) in [7, 11) is 1.79. The van der Waals surface area contributed by atoms with Gasteiger partial charge in [-0.15, -0.1) is 0 Å². The van der Waals surface area contributed by atoms with Crippen LogP contribution in [-0.4, -0.2) is 61.5 Å². The number of nitrogens with zero attached hydrogens (tertiary/aromatic N) is 1. The van der Waals surface area contributed by atoms with E-state index in [1.54, 1.807) is 7.11 Å². The highest BCUT2D eigenvalue weighted by atomic mass is 16.5. The predicted molar refractivity (Wildman–Crippen MR) is 84.0 cm³/mol. The fraction of sp³-hybridized carbons (Fsp3) is 1.00. The lowest BCUT2D eigenvalue weighted by Crippen LogP contribution is -2.51. The molecule has 0 bridgehead atoms. The van der Waals surface area contributed by atoms with Gasteiger partial charge in [0.25, 0.3) is 0 Å². The Morgan fingerprint density at radius 3 is 2.75 bits per heavy atom. The summed E-state index contributed by atoms with van der Waals surface area (Å²) in [5.74, 6) is 0.711. The molecule has 2 N–H and O–H groups in total. The molecule has 1 rings (SSSR count). The second-order valence-corrected chi connectivity index (χ2v) is 6.61. The van der Waals surface area contributed by atoms with Gasteiger partial charge in [0.15, 0.2) is 0 Å². The van der Waals surface area contributed by atoms with Crippen LogP contribution in [0.1, 0.15) is 46.5 Å². The summed E-state index contributed by atoms with van der Waals surface area (Å²) in [4.78, 5) is 2.54. The van der Waals surface area contributed by atoms with Crippen LogP contribution < -0.4 is 5.32 Å². The predicted octanol–water partition coefficient (Wildman–Crippen LogP) is 1.87. The van der Waals surface area contributed by atoms with Crippen molar-refractivity contribution in [3.8, 4) is 0 Å². The molecule has 1 fully saturated rings. The van der Waals surface area contributed by atoms with Crippen LogP contribution in [0.15, 0.2) is 0 Å². The lowest BCUT2D eigenvalue weighted by molar-refractivity contribution is 0.129. The van der Waals surface area contributed by atoms with Gasteiger partial charge in [-0.05, 0) is 44.7 Å². The van der Waals surface area contributed by atoms with Gasteiger partial charge in [-0.1, -0.05) is 20.8 Å². The van der Waals surface area contributed by atoms with Crippen LogP contribution >= 0.6 is 0 Å². The largest absolute Gasteiger partial charge is 0.394 e. The topological polar surface area (TPSA) is 44.7 Å². The summed E-state index contributed by atoms with van der Waals surface area (Å²) < 4.78 is 5.24. The standard InChI is InChI=1S/C16H34N2O2/c1-5-16(13-19,17-14(2)3)8-6-9-18-10-7-15(11-18)12-20-4/h14-15,17,19H,5-13H2,1-4H3. The van der Waals surface area contributed by atoms with Gasteiger partial charge in [0.05, 0.1) is 13.2 Å². The quantitative estimate of drug-likeness (QED) is 0.643. The molecule has 1 heterocycles. The molecular formula is C16H34N2O2. The lowest BCUT2D eigenvalue weighted by Gasteiger charge is -2.35. The number of nitrogens with one attached hydrogen (secondary N) is 1. The van der Waals surface area contributed by atoms with Crippen molar-refractivity contribution in [2.75, 3.05) is 40.0 Å². The molecule has 4 nitrogen and oxygen atoms in total. The molecule has 1 aliphatic heterocycles. The third-order valence-electron chi connectivity index (χ3n) is 4.48. The first-order chi connectivity index (χ1) is 9.55. The molecule has 120 valence electrons. The normalized spacial score (nSPS) is 23.4. The van der Waals surface area contributed by atoms with Crippen molar-refractivity contribution in [3.05, 3.63) is 0 Å². The molecule has 1 saturated heterocycles. The zero-order valence-electron chi connectivity index (χ0n) is 13.8. The minimum Gasteiger partial charge on any atom is -0.394 e. The molecule has 2 atom stereocenters. The lowest BCUT2D eigenvalue weighted by atomic mass is 9.90. The van der Waals surface area contributed by atoms with Gasteiger partial charge in [0.1, 0.15) is 0 Å². The minimum atomic E-state index is -0.0974. The van der Waals surface area contributed by atoms with Gasteiger partial charge in [0, 0.05) is 25.2 Å². The highest BCUT2D eigenvalue weighted by molar-refractivity contribution is 4.88. The Hall–Kier alpha value is -0.160. The number of methoxy groups -OCH3 is 1. The van der Waals surface area contributed by atoms with Crippen molar-refractivity contribution < 1.29 is 9.84 Å². The van der Waals surface area contributed by atoms with E-state index in [-0.39, 0.29) is 12.1 Å². The van der Waals surface area contributed by atoms with E-state index in [4.69, 9.17) is 4.74 Å². The Morgan fingerprint density at radius 2 is 2.20 bits per heavy atom. The van der Waals surface area contributed by atoms with Gasteiger partial charge < -0.3 is 20.1 Å². The number of aliphatic hydroxyl groups excluding tert-OH is 1. The molecule has 0 aromatic heterocycles. The summed E-state index contributed by atoms with van der Waals surface area (Å²) in [6, 6.07) is 0.417. The SMILES string of the molecule is CCC(CO)(CCCN1CCC(COC)C1)NC(C)C. The van der Waals surface area contributed by atoms with E-state index in [1.165, 1.54) is 19.5 Å². The zero-order chi connectivity index (χ0) is 15.0. The van der Waals surface area contributed by atoms with Gasteiger partial charge in [-0.25, -0.2) is 0 Å². The Morgan fingerprint density at radius 1 is 1.45 bits per heavy atom. The van der Waals surface area contributed by atoms with E-state index in [2.05, 4.69) is 31.0 Å². The highest BCUT2D eigenvalue weighted by Gasteiger charge is 2.28. The average molecular weight is 286 g/mol. The van der Waals surface area contributed by atoms with Gasteiger partial charge in [-0.2, -0.15) is 0 Å². The van der Waals surface area contributed by atoms with Crippen molar-refractivity contribution in [2.24, 2.45) is 5.92 Å². The van der Waals surface area contributed by atoms with Gasteiger partial charge in [-0.3, -0.25) is 0 Å². The van der Waals surface area contributed by atoms with Crippen molar-refractivity contribution in [2.45, 2.75) is 58.0 Å². The Balaban J connectivity index is 2.30. The first kappa shape index (κ1) is 17.9. The van der Waals surface area contributed by atoms with Crippen molar-refractivity contribution in [1.29, 1.82) is 0 Å². The third-order valence-corrected chi connectivity index (χ3v) is 4.48. The minimum absolute atomic E-state index is 0.0974. The fourth-order valence-corrected chi connectivity index (χ4v) is 3.33. The highest BCUT2D eigenvalue weighted by Crippen LogP contribution is 2.21. The summed E-state index contributed by atoms with van der Waals surface area (Å²) >= 11 is 0. The van der Waals surface area contributed by atoms with Crippen LogP contribution in [0.5, 0.6) is 0 Å². The second kappa shape index (κ2) is 8.98. The van der Waals surface area contributed by atoms with Crippen molar-refractivity contribution in [3.63, 3.8) is 0 Å². The third kappa shape index (κ3) is 5.68. The molecule has 0 aromatic carbocycles. The Kier molecular flexibility index (Phi) is 8.03. The molecule has 2 unspecified atom stereocenters. The van der Waals surface area contributed by atoms with Crippen LogP contribution in [-0.2, 0) is 4.74 Å². The average Bonchev–Trinajstić information content (AvgIpc) is 2.85. The molecule has 4 heteroatoms. The molecule has 0 saturated carbocycles. The van der Waals surface area contributed by atoms with Crippen LogP contribution in [0.4, 0.5) is 0 Å². The fourth-order valence-electron chi connectivity index (χ4n) is 3.33. The zero-order valence-corrected chi connectivity index (χ0v) is 13.8. The van der Waals surface area contributed by atoms with Crippen LogP contribution in [0, 0.1) is 5.92 Å². The Bertz CT molecular complexity index is 255. The first-order valence-electron chi connectivity index (χ1n) is 8.15. The molecule has 0 aromatic rings. The summed E-state index contributed by atoms with van der Waals surface area (Å²) in [6.45, 7) is 11.1. The molecular weight excluding hydrogens is 252 g/mol. The smallest absolute Gasteiger partial charge is 0.0613 e. The molecule has 20 heavy (non-hydrogen) atoms. The number of ether oxygens (including phenoxy) is 1. The van der Waals surface area contributed by atoms with E-state index in [9.17, 15) is 5.11 Å². The number of rotatable bonds is 10. The molecule has 1 aliphatic rings. The summed E-state index contributed by atoms with van der Waals surface area (Å²) in [5.41, 5.74) is -0.0974. The molecule has 0 spiro atoms.